The second kappa shape index (κ2) is 11.1. The summed E-state index contributed by atoms with van der Waals surface area (Å²) >= 11 is 0. The first-order valence-corrected chi connectivity index (χ1v) is 11.7. The van der Waals surface area contributed by atoms with Crippen molar-refractivity contribution in [3.63, 3.8) is 0 Å². The van der Waals surface area contributed by atoms with Crippen molar-refractivity contribution in [2.24, 2.45) is 12.0 Å². The average Bonchev–Trinajstić information content (AvgIpc) is 3.34. The number of benzene rings is 2. The molecule has 0 radical (unpaired) electrons. The normalized spacial score (nSPS) is 11.2. The summed E-state index contributed by atoms with van der Waals surface area (Å²) in [6.07, 6.45) is 6.04. The molecule has 0 atom stereocenters. The molecule has 0 fully saturated rings. The van der Waals surface area contributed by atoms with Crippen molar-refractivity contribution in [1.82, 2.24) is 19.5 Å². The molecule has 182 valence electrons. The van der Waals surface area contributed by atoms with E-state index < -0.39 is 0 Å². The number of aromatic nitrogens is 4. The Hall–Kier alpha value is -4.71. The van der Waals surface area contributed by atoms with Crippen LogP contribution in [0.25, 0.3) is 22.4 Å². The molecule has 2 heterocycles. The van der Waals surface area contributed by atoms with Gasteiger partial charge in [0.25, 0.3) is 0 Å². The van der Waals surface area contributed by atoms with Crippen molar-refractivity contribution in [3.05, 3.63) is 72.9 Å². The van der Waals surface area contributed by atoms with Crippen LogP contribution in [0.1, 0.15) is 18.9 Å². The fourth-order valence-electron chi connectivity index (χ4n) is 4.11. The van der Waals surface area contributed by atoms with Gasteiger partial charge in [-0.2, -0.15) is 5.26 Å². The van der Waals surface area contributed by atoms with Gasteiger partial charge in [-0.25, -0.2) is 15.0 Å². The Morgan fingerprint density at radius 3 is 2.61 bits per heavy atom. The van der Waals surface area contributed by atoms with Gasteiger partial charge in [-0.15, -0.1) is 0 Å². The molecule has 0 unspecified atom stereocenters. The maximum absolute atomic E-state index is 9.66. The standard InChI is InChI=1S/C27H29N9/c1-4-13-36(27-21(14-28)26(29)31-17-32-27)16-24(30-2)34-22-12-8-11-20(23-15-35(3)18-33-23)25(22)19-9-6-5-7-10-19/h5-12,15,17-18H,4,13,16H2,1-3H3,(H,30,34)(H2,29,31,32). The summed E-state index contributed by atoms with van der Waals surface area (Å²) in [6, 6.07) is 18.5. The number of rotatable bonds is 8. The minimum absolute atomic E-state index is 0.168. The van der Waals surface area contributed by atoms with Crippen molar-refractivity contribution in [2.75, 3.05) is 36.1 Å². The van der Waals surface area contributed by atoms with Crippen LogP contribution >= 0.6 is 0 Å². The van der Waals surface area contributed by atoms with E-state index in [1.807, 2.05) is 53.0 Å². The van der Waals surface area contributed by atoms with Crippen molar-refractivity contribution in [1.29, 1.82) is 5.26 Å². The van der Waals surface area contributed by atoms with E-state index in [1.54, 1.807) is 13.4 Å². The second-order valence-corrected chi connectivity index (χ2v) is 8.30. The van der Waals surface area contributed by atoms with Crippen molar-refractivity contribution in [2.45, 2.75) is 13.3 Å². The first-order chi connectivity index (χ1) is 17.5. The third-order valence-electron chi connectivity index (χ3n) is 5.76. The molecule has 0 spiro atoms. The maximum Gasteiger partial charge on any atom is 0.152 e. The highest BCUT2D eigenvalue weighted by molar-refractivity contribution is 6.04. The highest BCUT2D eigenvalue weighted by atomic mass is 15.2. The zero-order valence-corrected chi connectivity index (χ0v) is 20.7. The number of nitrogen functional groups attached to an aromatic ring is 1. The van der Waals surface area contributed by atoms with E-state index in [9.17, 15) is 5.26 Å². The van der Waals surface area contributed by atoms with Gasteiger partial charge in [-0.1, -0.05) is 49.4 Å². The molecule has 0 saturated carbocycles. The minimum Gasteiger partial charge on any atom is -0.382 e. The monoisotopic (exact) mass is 479 g/mol. The van der Waals surface area contributed by atoms with Crippen LogP contribution in [0.2, 0.25) is 0 Å². The van der Waals surface area contributed by atoms with E-state index in [2.05, 4.69) is 56.5 Å². The van der Waals surface area contributed by atoms with Crippen molar-refractivity contribution in [3.8, 4) is 28.5 Å². The Labute approximate surface area is 211 Å². The number of nitrogens with one attached hydrogen (secondary N) is 1. The molecule has 0 aliphatic rings. The Kier molecular flexibility index (Phi) is 7.56. The summed E-state index contributed by atoms with van der Waals surface area (Å²) in [5, 5.41) is 13.2. The van der Waals surface area contributed by atoms with E-state index in [1.165, 1.54) is 6.33 Å². The number of nitrogens with zero attached hydrogens (tertiary/aromatic N) is 7. The van der Waals surface area contributed by atoms with E-state index in [4.69, 9.17) is 5.73 Å². The number of imidazole rings is 1. The smallest absolute Gasteiger partial charge is 0.152 e. The van der Waals surface area contributed by atoms with Gasteiger partial charge in [0.1, 0.15) is 29.6 Å². The summed E-state index contributed by atoms with van der Waals surface area (Å²) in [4.78, 5) is 19.5. The number of anilines is 3. The van der Waals surface area contributed by atoms with Gasteiger partial charge in [-0.05, 0) is 18.1 Å². The summed E-state index contributed by atoms with van der Waals surface area (Å²) < 4.78 is 1.94. The molecule has 0 aliphatic carbocycles. The Bertz CT molecular complexity index is 1400. The van der Waals surface area contributed by atoms with Crippen LogP contribution < -0.4 is 16.0 Å². The van der Waals surface area contributed by atoms with Crippen LogP contribution in [0.4, 0.5) is 17.3 Å². The molecule has 3 N–H and O–H groups in total. The Balaban J connectivity index is 1.73. The summed E-state index contributed by atoms with van der Waals surface area (Å²) in [5.74, 6) is 1.39. The maximum atomic E-state index is 9.66. The van der Waals surface area contributed by atoms with Gasteiger partial charge in [0.15, 0.2) is 5.82 Å². The van der Waals surface area contributed by atoms with Crippen LogP contribution in [0.5, 0.6) is 0 Å². The van der Waals surface area contributed by atoms with Gasteiger partial charge in [0.05, 0.1) is 18.6 Å². The summed E-state index contributed by atoms with van der Waals surface area (Å²) in [5.41, 5.74) is 11.1. The summed E-state index contributed by atoms with van der Waals surface area (Å²) in [7, 11) is 3.71. The molecule has 36 heavy (non-hydrogen) atoms. The molecular weight excluding hydrogens is 450 g/mol. The molecule has 4 aromatic rings. The molecule has 0 amide bonds. The number of amidine groups is 1. The number of aryl methyl sites for hydroxylation is 1. The highest BCUT2D eigenvalue weighted by Crippen LogP contribution is 2.37. The van der Waals surface area contributed by atoms with Gasteiger partial charge in [-0.3, -0.25) is 4.99 Å². The number of nitriles is 1. The summed E-state index contributed by atoms with van der Waals surface area (Å²) in [6.45, 7) is 3.16. The number of hydrogen-bond acceptors (Lipinski definition) is 7. The fraction of sp³-hybridized carbons (Fsp3) is 0.222. The van der Waals surface area contributed by atoms with E-state index in [-0.39, 0.29) is 11.4 Å². The van der Waals surface area contributed by atoms with Gasteiger partial charge in [0.2, 0.25) is 0 Å². The van der Waals surface area contributed by atoms with Gasteiger partial charge >= 0.3 is 0 Å². The van der Waals surface area contributed by atoms with E-state index >= 15 is 0 Å². The topological polar surface area (TPSA) is 121 Å². The molecule has 0 aliphatic heterocycles. The van der Waals surface area contributed by atoms with Crippen molar-refractivity contribution < 1.29 is 0 Å². The van der Waals surface area contributed by atoms with Crippen LogP contribution in [-0.2, 0) is 7.05 Å². The minimum atomic E-state index is 0.168. The fourth-order valence-corrected chi connectivity index (χ4v) is 4.11. The molecule has 4 rings (SSSR count). The lowest BCUT2D eigenvalue weighted by Crippen LogP contribution is -2.35. The number of nitrogens with two attached hydrogens (primary N) is 1. The molecule has 0 saturated heterocycles. The van der Waals surface area contributed by atoms with Crippen LogP contribution in [0, 0.1) is 11.3 Å². The second-order valence-electron chi connectivity index (χ2n) is 8.30. The first kappa shape index (κ1) is 24.4. The van der Waals surface area contributed by atoms with Gasteiger partial charge in [0, 0.05) is 43.7 Å². The Morgan fingerprint density at radius 2 is 1.94 bits per heavy atom. The lowest BCUT2D eigenvalue weighted by atomic mass is 9.96. The largest absolute Gasteiger partial charge is 0.382 e. The molecule has 2 aromatic carbocycles. The lowest BCUT2D eigenvalue weighted by molar-refractivity contribution is 0.807. The molecule has 2 aromatic heterocycles. The molecule has 9 heteroatoms. The quantitative estimate of drug-likeness (QED) is 0.284. The highest BCUT2D eigenvalue weighted by Gasteiger charge is 2.19. The SMILES string of the molecule is CCCN(CC(=NC)Nc1cccc(-c2cn(C)cn2)c1-c1ccccc1)c1ncnc(N)c1C#N. The predicted molar refractivity (Wildman–Crippen MR) is 145 cm³/mol. The predicted octanol–water partition coefficient (Wildman–Crippen LogP) is 4.35. The van der Waals surface area contributed by atoms with Crippen LogP contribution in [0.15, 0.2) is 72.4 Å². The Morgan fingerprint density at radius 1 is 1.14 bits per heavy atom. The third kappa shape index (κ3) is 5.18. The van der Waals surface area contributed by atoms with E-state index in [0.29, 0.717) is 18.9 Å². The van der Waals surface area contributed by atoms with Crippen molar-refractivity contribution >= 4 is 23.2 Å². The molecule has 9 nitrogen and oxygen atoms in total. The van der Waals surface area contributed by atoms with Crippen LogP contribution in [0.3, 0.4) is 0 Å². The first-order valence-electron chi connectivity index (χ1n) is 11.7. The van der Waals surface area contributed by atoms with E-state index in [0.717, 1.165) is 40.3 Å². The van der Waals surface area contributed by atoms with Gasteiger partial charge < -0.3 is 20.5 Å². The molecular formula is C27H29N9. The number of aliphatic imine (C=N–C) groups is 1. The molecule has 0 bridgehead atoms. The third-order valence-corrected chi connectivity index (χ3v) is 5.76. The number of hydrogen-bond donors (Lipinski definition) is 2. The zero-order valence-electron chi connectivity index (χ0n) is 20.7. The lowest BCUT2D eigenvalue weighted by Gasteiger charge is -2.26. The van der Waals surface area contributed by atoms with Crippen LogP contribution in [-0.4, -0.2) is 45.5 Å². The average molecular weight is 480 g/mol. The zero-order chi connectivity index (χ0) is 25.5.